The molecule has 2 fully saturated rings. The predicted molar refractivity (Wildman–Crippen MR) is 134 cm³/mol. The number of anilines is 2. The molecule has 1 saturated heterocycles. The number of aliphatic hydroxyl groups is 2. The molecule has 5 atom stereocenters. The Morgan fingerprint density at radius 1 is 1.12 bits per heavy atom. The second kappa shape index (κ2) is 7.88. The molecule has 1 aliphatic carbocycles. The van der Waals surface area contributed by atoms with Crippen molar-refractivity contribution in [2.75, 3.05) is 18.0 Å². The normalized spacial score (nSPS) is 29.4. The van der Waals surface area contributed by atoms with Gasteiger partial charge in [0, 0.05) is 29.6 Å². The Balaban J connectivity index is 1.24. The number of halogens is 1. The van der Waals surface area contributed by atoms with Crippen molar-refractivity contribution < 1.29 is 10.2 Å². The molecule has 34 heavy (non-hydrogen) atoms. The van der Waals surface area contributed by atoms with Crippen LogP contribution in [0.25, 0.3) is 21.9 Å². The molecular formula is C24H26BrN7O2. The van der Waals surface area contributed by atoms with Crippen LogP contribution in [0.1, 0.15) is 36.9 Å². The summed E-state index contributed by atoms with van der Waals surface area (Å²) in [6.07, 6.45) is 3.86. The lowest BCUT2D eigenvalue weighted by molar-refractivity contribution is -0.0398. The van der Waals surface area contributed by atoms with Crippen LogP contribution in [-0.4, -0.2) is 48.5 Å². The average Bonchev–Trinajstić information content (AvgIpc) is 3.36. The van der Waals surface area contributed by atoms with Gasteiger partial charge >= 0.3 is 0 Å². The number of hydrogen-bond acceptors (Lipinski definition) is 8. The van der Waals surface area contributed by atoms with E-state index in [0.29, 0.717) is 30.2 Å². The van der Waals surface area contributed by atoms with E-state index in [1.807, 2.05) is 22.9 Å². The molecule has 3 aromatic heterocycles. The van der Waals surface area contributed by atoms with Gasteiger partial charge in [0.1, 0.15) is 29.7 Å². The first kappa shape index (κ1) is 21.7. The first-order valence-electron chi connectivity index (χ1n) is 11.4. The molecule has 7 N–H and O–H groups in total. The zero-order valence-electron chi connectivity index (χ0n) is 18.4. The van der Waals surface area contributed by atoms with Crippen LogP contribution in [0.5, 0.6) is 0 Å². The van der Waals surface area contributed by atoms with Gasteiger partial charge < -0.3 is 31.6 Å². The number of nitrogen functional groups attached to an aromatic ring is 2. The minimum absolute atomic E-state index is 0.144. The Hall–Kier alpha value is -2.79. The Morgan fingerprint density at radius 2 is 1.97 bits per heavy atom. The largest absolute Gasteiger partial charge is 0.390 e. The first-order valence-corrected chi connectivity index (χ1v) is 12.2. The molecule has 0 amide bonds. The molecule has 4 heterocycles. The molecular weight excluding hydrogens is 498 g/mol. The summed E-state index contributed by atoms with van der Waals surface area (Å²) in [4.78, 5) is 12.9. The second-order valence-corrected chi connectivity index (χ2v) is 10.4. The highest BCUT2D eigenvalue weighted by molar-refractivity contribution is 9.10. The van der Waals surface area contributed by atoms with Gasteiger partial charge in [0.15, 0.2) is 0 Å². The standard InChI is InChI=1S/C24H26BrN7O2/c25-15-7-12-1-2-13(8-17(12)31-22(15)27)16-3-5-24(10-28-16)9-18(19(33)20(24)34)32-6-4-14-21(26)29-11-30-23(14)32/h1-2,4,6-8,11,16,18-20,28,33-34H,3,5,9-10H2,(H2,27,31)(H2,26,29,30)/t16-,18-,19+,20+,24+/m1/s1. The molecule has 176 valence electrons. The van der Waals surface area contributed by atoms with Crippen LogP contribution >= 0.6 is 15.9 Å². The second-order valence-electron chi connectivity index (χ2n) is 9.57. The van der Waals surface area contributed by atoms with Crippen molar-refractivity contribution in [3.05, 3.63) is 52.9 Å². The van der Waals surface area contributed by atoms with Crippen molar-refractivity contribution >= 4 is 49.5 Å². The van der Waals surface area contributed by atoms with Crippen molar-refractivity contribution in [2.24, 2.45) is 5.41 Å². The molecule has 9 nitrogen and oxygen atoms in total. The third kappa shape index (κ3) is 3.28. The minimum atomic E-state index is -0.892. The minimum Gasteiger partial charge on any atom is -0.390 e. The van der Waals surface area contributed by atoms with Crippen LogP contribution in [0.4, 0.5) is 11.6 Å². The highest BCUT2D eigenvalue weighted by Crippen LogP contribution is 2.51. The quantitative estimate of drug-likeness (QED) is 0.269. The van der Waals surface area contributed by atoms with E-state index in [4.69, 9.17) is 11.5 Å². The predicted octanol–water partition coefficient (Wildman–Crippen LogP) is 2.68. The summed E-state index contributed by atoms with van der Waals surface area (Å²) in [6.45, 7) is 0.608. The van der Waals surface area contributed by atoms with Crippen LogP contribution < -0.4 is 16.8 Å². The highest BCUT2D eigenvalue weighted by Gasteiger charge is 2.54. The summed E-state index contributed by atoms with van der Waals surface area (Å²) < 4.78 is 2.72. The summed E-state index contributed by atoms with van der Waals surface area (Å²) in [7, 11) is 0. The Morgan fingerprint density at radius 3 is 2.76 bits per heavy atom. The molecule has 0 radical (unpaired) electrons. The van der Waals surface area contributed by atoms with Gasteiger partial charge in [-0.05, 0) is 59.0 Å². The van der Waals surface area contributed by atoms with Gasteiger partial charge in [-0.15, -0.1) is 0 Å². The van der Waals surface area contributed by atoms with E-state index in [9.17, 15) is 10.2 Å². The molecule has 2 aliphatic rings. The Labute approximate surface area is 204 Å². The Kier molecular flexibility index (Phi) is 5.03. The number of hydrogen-bond donors (Lipinski definition) is 5. The van der Waals surface area contributed by atoms with Crippen molar-refractivity contribution in [1.29, 1.82) is 0 Å². The fraction of sp³-hybridized carbons (Fsp3) is 0.375. The molecule has 1 aliphatic heterocycles. The zero-order valence-corrected chi connectivity index (χ0v) is 20.0. The lowest BCUT2D eigenvalue weighted by Crippen LogP contribution is -2.48. The van der Waals surface area contributed by atoms with E-state index < -0.39 is 17.6 Å². The van der Waals surface area contributed by atoms with Gasteiger partial charge in [-0.3, -0.25) is 0 Å². The fourth-order valence-corrected chi connectivity index (χ4v) is 6.14. The smallest absolute Gasteiger partial charge is 0.145 e. The van der Waals surface area contributed by atoms with Crippen LogP contribution in [-0.2, 0) is 0 Å². The van der Waals surface area contributed by atoms with Crippen molar-refractivity contribution in [2.45, 2.75) is 43.6 Å². The van der Waals surface area contributed by atoms with Crippen LogP contribution in [0, 0.1) is 5.41 Å². The number of fused-ring (bicyclic) bond motifs is 2. The molecule has 0 bridgehead atoms. The van der Waals surface area contributed by atoms with Gasteiger partial charge in [-0.2, -0.15) is 0 Å². The number of aliphatic hydroxyl groups excluding tert-OH is 2. The topological polar surface area (TPSA) is 148 Å². The first-order chi connectivity index (χ1) is 16.4. The summed E-state index contributed by atoms with van der Waals surface area (Å²) in [6, 6.07) is 9.95. The number of aromatic nitrogens is 4. The summed E-state index contributed by atoms with van der Waals surface area (Å²) in [5.41, 5.74) is 14.2. The molecule has 1 saturated carbocycles. The van der Waals surface area contributed by atoms with E-state index in [-0.39, 0.29) is 12.1 Å². The van der Waals surface area contributed by atoms with Gasteiger partial charge in [-0.1, -0.05) is 12.1 Å². The molecule has 1 aromatic carbocycles. The maximum Gasteiger partial charge on any atom is 0.145 e. The molecule has 0 unspecified atom stereocenters. The number of benzene rings is 1. The maximum absolute atomic E-state index is 11.1. The van der Waals surface area contributed by atoms with E-state index in [1.165, 1.54) is 6.33 Å². The van der Waals surface area contributed by atoms with Crippen LogP contribution in [0.2, 0.25) is 0 Å². The van der Waals surface area contributed by atoms with Crippen molar-refractivity contribution in [3.8, 4) is 0 Å². The van der Waals surface area contributed by atoms with Gasteiger partial charge in [-0.25, -0.2) is 15.0 Å². The van der Waals surface area contributed by atoms with Crippen LogP contribution in [0.15, 0.2) is 47.3 Å². The molecule has 10 heteroatoms. The van der Waals surface area contributed by atoms with E-state index in [0.717, 1.165) is 39.2 Å². The summed E-state index contributed by atoms with van der Waals surface area (Å²) in [5, 5.41) is 27.6. The lowest BCUT2D eigenvalue weighted by atomic mass is 9.74. The van der Waals surface area contributed by atoms with Crippen molar-refractivity contribution in [3.63, 3.8) is 0 Å². The molecule has 4 aromatic rings. The number of piperidine rings is 1. The third-order valence-corrected chi connectivity index (χ3v) is 8.35. The number of nitrogens with zero attached hydrogens (tertiary/aromatic N) is 4. The number of nitrogens with two attached hydrogens (primary N) is 2. The average molecular weight is 524 g/mol. The molecule has 1 spiro atoms. The number of pyridine rings is 1. The SMILES string of the molecule is Nc1nc2cc([C@H]3CC[C@@]4(CN3)C[C@@H](n3ccc5c(N)ncnc53)[C@H](O)[C@@H]4O)ccc2cc1Br. The highest BCUT2D eigenvalue weighted by atomic mass is 79.9. The van der Waals surface area contributed by atoms with Gasteiger partial charge in [0.25, 0.3) is 0 Å². The Bertz CT molecular complexity index is 1400. The summed E-state index contributed by atoms with van der Waals surface area (Å²) >= 11 is 3.43. The molecule has 6 rings (SSSR count). The van der Waals surface area contributed by atoms with E-state index in [2.05, 4.69) is 54.4 Å². The maximum atomic E-state index is 11.1. The van der Waals surface area contributed by atoms with E-state index in [1.54, 1.807) is 0 Å². The monoisotopic (exact) mass is 523 g/mol. The zero-order chi connectivity index (χ0) is 23.6. The van der Waals surface area contributed by atoms with E-state index >= 15 is 0 Å². The van der Waals surface area contributed by atoms with Crippen molar-refractivity contribution in [1.82, 2.24) is 24.8 Å². The number of nitrogens with one attached hydrogen (secondary N) is 1. The van der Waals surface area contributed by atoms with Gasteiger partial charge in [0.05, 0.1) is 27.5 Å². The van der Waals surface area contributed by atoms with Gasteiger partial charge in [0.2, 0.25) is 0 Å². The summed E-state index contributed by atoms with van der Waals surface area (Å²) in [5.74, 6) is 0.881. The number of rotatable bonds is 2. The lowest BCUT2D eigenvalue weighted by Gasteiger charge is -2.40. The third-order valence-electron chi connectivity index (χ3n) is 7.71. The van der Waals surface area contributed by atoms with Crippen LogP contribution in [0.3, 0.4) is 0 Å². The fourth-order valence-electron chi connectivity index (χ4n) is 5.80.